The molecule has 2 atom stereocenters. The van der Waals surface area contributed by atoms with Gasteiger partial charge >= 0.3 is 0 Å². The number of imide groups is 2. The van der Waals surface area contributed by atoms with Gasteiger partial charge in [0.25, 0.3) is 11.8 Å². The third kappa shape index (κ3) is 6.53. The van der Waals surface area contributed by atoms with Crippen molar-refractivity contribution >= 4 is 35.3 Å². The number of benzene rings is 3. The maximum Gasteiger partial charge on any atom is 0.262 e. The maximum absolute atomic E-state index is 13.4. The third-order valence-electron chi connectivity index (χ3n) is 12.0. The largest absolute Gasteiger partial charge is 0.491 e. The minimum absolute atomic E-state index is 0.0790. The van der Waals surface area contributed by atoms with Gasteiger partial charge < -0.3 is 24.0 Å². The van der Waals surface area contributed by atoms with Gasteiger partial charge in [-0.1, -0.05) is 38.1 Å². The van der Waals surface area contributed by atoms with Crippen molar-refractivity contribution in [1.82, 2.24) is 20.2 Å². The zero-order valence-corrected chi connectivity index (χ0v) is 31.5. The molecule has 56 heavy (non-hydrogen) atoms. The van der Waals surface area contributed by atoms with Gasteiger partial charge in [0.15, 0.2) is 0 Å². The van der Waals surface area contributed by atoms with Gasteiger partial charge in [0.1, 0.15) is 30.8 Å². The Kier molecular flexibility index (Phi) is 8.99. The van der Waals surface area contributed by atoms with Gasteiger partial charge in [-0.25, -0.2) is 9.97 Å². The topological polar surface area (TPSA) is 144 Å². The van der Waals surface area contributed by atoms with Crippen molar-refractivity contribution < 1.29 is 33.4 Å². The van der Waals surface area contributed by atoms with Crippen LogP contribution in [0.25, 0.3) is 0 Å². The molecule has 0 bridgehead atoms. The second-order valence-corrected chi connectivity index (χ2v) is 16.1. The maximum atomic E-state index is 13.4. The van der Waals surface area contributed by atoms with Crippen LogP contribution in [0.3, 0.4) is 0 Å². The van der Waals surface area contributed by atoms with Gasteiger partial charge in [-0.2, -0.15) is 0 Å². The first kappa shape index (κ1) is 35.9. The lowest BCUT2D eigenvalue weighted by Crippen LogP contribution is -2.66. The Bertz CT molecular complexity index is 2200. The molecule has 0 radical (unpaired) electrons. The molecule has 4 amide bonds. The summed E-state index contributed by atoms with van der Waals surface area (Å²) < 4.78 is 17.8. The molecule has 4 fully saturated rings. The fourth-order valence-electron chi connectivity index (χ4n) is 8.53. The van der Waals surface area contributed by atoms with E-state index in [2.05, 4.69) is 58.2 Å². The summed E-state index contributed by atoms with van der Waals surface area (Å²) in [6.07, 6.45) is 3.89. The van der Waals surface area contributed by atoms with Gasteiger partial charge in [0, 0.05) is 43.4 Å². The van der Waals surface area contributed by atoms with Crippen LogP contribution >= 0.6 is 0 Å². The van der Waals surface area contributed by atoms with Crippen LogP contribution in [0.15, 0.2) is 79.0 Å². The van der Waals surface area contributed by atoms with Crippen LogP contribution in [0.5, 0.6) is 11.5 Å². The Morgan fingerprint density at radius 2 is 1.55 bits per heavy atom. The van der Waals surface area contributed by atoms with Gasteiger partial charge in [-0.05, 0) is 78.9 Å². The van der Waals surface area contributed by atoms with Crippen LogP contribution in [0.4, 0.5) is 11.6 Å². The molecule has 1 spiro atoms. The average Bonchev–Trinajstić information content (AvgIpc) is 3.74. The van der Waals surface area contributed by atoms with E-state index in [0.29, 0.717) is 18.6 Å². The van der Waals surface area contributed by atoms with Crippen LogP contribution in [-0.4, -0.2) is 90.0 Å². The van der Waals surface area contributed by atoms with Crippen LogP contribution in [0.2, 0.25) is 0 Å². The number of hydrogen-bond donors (Lipinski definition) is 1. The quantitative estimate of drug-likeness (QED) is 0.214. The summed E-state index contributed by atoms with van der Waals surface area (Å²) in [6.45, 7) is 9.55. The number of carbonyl (C=O) groups excluding carboxylic acids is 4. The molecule has 13 heteroatoms. The number of nitrogens with zero attached hydrogens (tertiary/aromatic N) is 5. The van der Waals surface area contributed by atoms with Crippen molar-refractivity contribution in [2.24, 2.45) is 5.41 Å². The summed E-state index contributed by atoms with van der Waals surface area (Å²) in [5.74, 6) is 0.266. The van der Waals surface area contributed by atoms with E-state index in [1.54, 1.807) is 18.3 Å². The predicted molar refractivity (Wildman–Crippen MR) is 206 cm³/mol. The number of amides is 4. The molecule has 288 valence electrons. The molecule has 6 heterocycles. The van der Waals surface area contributed by atoms with E-state index in [0.717, 1.165) is 90.5 Å². The first-order chi connectivity index (χ1) is 27.1. The van der Waals surface area contributed by atoms with E-state index in [4.69, 9.17) is 19.2 Å². The van der Waals surface area contributed by atoms with Crippen molar-refractivity contribution in [1.29, 1.82) is 0 Å². The molecule has 0 saturated carbocycles. The normalized spacial score (nSPS) is 21.5. The lowest BCUT2D eigenvalue weighted by Gasteiger charge is -2.54. The highest BCUT2D eigenvalue weighted by atomic mass is 16.5. The number of carbonyl (C=O) groups is 4. The van der Waals surface area contributed by atoms with E-state index < -0.39 is 29.7 Å². The zero-order valence-electron chi connectivity index (χ0n) is 31.5. The van der Waals surface area contributed by atoms with E-state index in [-0.39, 0.29) is 35.4 Å². The molecule has 13 nitrogen and oxygen atoms in total. The number of hydrogen-bond acceptors (Lipinski definition) is 11. The lowest BCUT2D eigenvalue weighted by molar-refractivity contribution is -0.136. The monoisotopic (exact) mass is 756 g/mol. The molecule has 1 aromatic heterocycles. The molecule has 5 aliphatic rings. The van der Waals surface area contributed by atoms with Gasteiger partial charge in [0.05, 0.1) is 41.5 Å². The number of aromatic nitrogens is 2. The van der Waals surface area contributed by atoms with Crippen LogP contribution in [0.1, 0.15) is 77.1 Å². The van der Waals surface area contributed by atoms with E-state index in [1.807, 2.05) is 36.4 Å². The molecule has 1 N–H and O–H groups in total. The summed E-state index contributed by atoms with van der Waals surface area (Å²) in [7, 11) is 0. The number of ether oxygens (including phenoxy) is 3. The van der Waals surface area contributed by atoms with E-state index in [9.17, 15) is 19.2 Å². The van der Waals surface area contributed by atoms with Crippen molar-refractivity contribution in [3.8, 4) is 11.5 Å². The third-order valence-corrected chi connectivity index (χ3v) is 12.0. The number of fused-ring (bicyclic) bond motifs is 1. The van der Waals surface area contributed by atoms with Gasteiger partial charge in [-0.15, -0.1) is 0 Å². The zero-order chi connectivity index (χ0) is 38.6. The second-order valence-electron chi connectivity index (χ2n) is 16.1. The van der Waals surface area contributed by atoms with Crippen molar-refractivity contribution in [2.75, 3.05) is 49.3 Å². The minimum atomic E-state index is -0.990. The highest BCUT2D eigenvalue weighted by Crippen LogP contribution is 2.39. The average molecular weight is 757 g/mol. The van der Waals surface area contributed by atoms with Crippen molar-refractivity contribution in [3.05, 3.63) is 107 Å². The molecule has 4 aromatic rings. The summed E-state index contributed by atoms with van der Waals surface area (Å²) in [5, 5.41) is 2.24. The predicted octanol–water partition coefficient (Wildman–Crippen LogP) is 4.67. The molecule has 5 aliphatic heterocycles. The number of anilines is 2. The van der Waals surface area contributed by atoms with Crippen LogP contribution in [0, 0.1) is 5.41 Å². The summed E-state index contributed by atoms with van der Waals surface area (Å²) in [4.78, 5) is 65.3. The molecule has 0 aliphatic carbocycles. The summed E-state index contributed by atoms with van der Waals surface area (Å²) in [6, 6.07) is 22.7. The van der Waals surface area contributed by atoms with E-state index >= 15 is 0 Å². The fraction of sp³-hybridized carbons (Fsp3) is 0.395. The Labute approximate surface area is 324 Å². The van der Waals surface area contributed by atoms with Crippen LogP contribution in [-0.2, 0) is 26.3 Å². The molecular weight excluding hydrogens is 713 g/mol. The Balaban J connectivity index is 0.792. The number of rotatable bonds is 11. The van der Waals surface area contributed by atoms with E-state index in [1.165, 1.54) is 0 Å². The molecule has 1 unspecified atom stereocenters. The molecule has 4 saturated heterocycles. The first-order valence-corrected chi connectivity index (χ1v) is 19.3. The summed E-state index contributed by atoms with van der Waals surface area (Å²) >= 11 is 0. The highest BCUT2D eigenvalue weighted by Gasteiger charge is 2.50. The molecule has 3 aromatic carbocycles. The highest BCUT2D eigenvalue weighted by molar-refractivity contribution is 6.23. The smallest absolute Gasteiger partial charge is 0.262 e. The molecule has 9 rings (SSSR count). The Morgan fingerprint density at radius 3 is 2.23 bits per heavy atom. The van der Waals surface area contributed by atoms with Gasteiger partial charge in [-0.3, -0.25) is 29.4 Å². The lowest BCUT2D eigenvalue weighted by atomic mass is 9.78. The van der Waals surface area contributed by atoms with Crippen molar-refractivity contribution in [3.63, 3.8) is 0 Å². The van der Waals surface area contributed by atoms with Gasteiger partial charge in [0.2, 0.25) is 17.8 Å². The SMILES string of the molecule is CC(C)(c1ccc(OCc2ccnc(N3CC4(COC4)C3)n2)cc1)c1ccc(OC[C@@H]2CCCN2c2ccc3c(c2)C(=O)N(C2CCC(=O)NC2=O)C3=O)cc1. The van der Waals surface area contributed by atoms with Crippen molar-refractivity contribution in [2.45, 2.75) is 63.6 Å². The van der Waals surface area contributed by atoms with Crippen LogP contribution < -0.4 is 24.6 Å². The Hall–Kier alpha value is -5.82. The minimum Gasteiger partial charge on any atom is -0.491 e. The fourth-order valence-corrected chi connectivity index (χ4v) is 8.53. The summed E-state index contributed by atoms with van der Waals surface area (Å²) in [5.41, 5.74) is 4.57. The first-order valence-electron chi connectivity index (χ1n) is 19.3. The molecular formula is C43H44N6O7. The second kappa shape index (κ2) is 14.0. The number of piperidine rings is 1. The number of nitrogens with one attached hydrogen (secondary N) is 1. The Morgan fingerprint density at radius 1 is 0.857 bits per heavy atom. The standard InChI is InChI=1S/C43H44N6O7/c1-42(2,27-5-10-32(11-6-27)55-21-29-17-18-44-41(45-29)47-23-43(24-47)25-54-26-43)28-7-12-33(13-8-28)56-22-31-4-3-19-48(31)30-9-14-34-35(20-30)40(53)49(39(34)52)36-15-16-37(50)46-38(36)51/h5-14,17-18,20,31,36H,3-4,15-16,19,21-26H2,1-2H3,(H,46,50,51)/t31-,36?/m0/s1.